The van der Waals surface area contributed by atoms with Gasteiger partial charge in [0.25, 0.3) is 0 Å². The van der Waals surface area contributed by atoms with E-state index in [9.17, 15) is 9.90 Å². The minimum absolute atomic E-state index is 0.117. The molecule has 4 nitrogen and oxygen atoms in total. The van der Waals surface area contributed by atoms with Gasteiger partial charge in [0.1, 0.15) is 11.8 Å². The third kappa shape index (κ3) is 2.97. The number of hydrogen-bond acceptors (Lipinski definition) is 3. The number of aryl methyl sites for hydroxylation is 1. The number of nitrogens with two attached hydrogens (primary N) is 1. The predicted molar refractivity (Wildman–Crippen MR) is 79.6 cm³/mol. The van der Waals surface area contributed by atoms with Crippen LogP contribution in [0, 0.1) is 6.92 Å². The zero-order valence-electron chi connectivity index (χ0n) is 11.6. The Balaban J connectivity index is 2.20. The fourth-order valence-electron chi connectivity index (χ4n) is 1.95. The molecule has 2 aromatic carbocycles. The van der Waals surface area contributed by atoms with E-state index in [0.717, 1.165) is 11.1 Å². The molecule has 0 radical (unpaired) electrons. The summed E-state index contributed by atoms with van der Waals surface area (Å²) in [5.41, 5.74) is 8.51. The van der Waals surface area contributed by atoms with Gasteiger partial charge in [-0.3, -0.25) is 4.79 Å². The summed E-state index contributed by atoms with van der Waals surface area (Å²) in [7, 11) is 1.64. The van der Waals surface area contributed by atoms with Gasteiger partial charge in [0.05, 0.1) is 0 Å². The summed E-state index contributed by atoms with van der Waals surface area (Å²) < 4.78 is 0. The summed E-state index contributed by atoms with van der Waals surface area (Å²) >= 11 is 0. The molecular formula is C16H18N2O2. The molecule has 1 atom stereocenters. The third-order valence-electron chi connectivity index (χ3n) is 3.25. The van der Waals surface area contributed by atoms with E-state index in [1.54, 1.807) is 25.2 Å². The van der Waals surface area contributed by atoms with Crippen molar-refractivity contribution < 1.29 is 9.90 Å². The van der Waals surface area contributed by atoms with E-state index >= 15 is 0 Å². The Labute approximate surface area is 118 Å². The number of rotatable bonds is 3. The molecule has 4 heteroatoms. The highest BCUT2D eigenvalue weighted by Gasteiger charge is 2.20. The first kappa shape index (κ1) is 14.1. The maximum Gasteiger partial charge on any atom is 0.248 e. The van der Waals surface area contributed by atoms with Gasteiger partial charge in [-0.05, 0) is 24.6 Å². The molecule has 0 fully saturated rings. The number of phenols is 1. The molecule has 1 amide bonds. The van der Waals surface area contributed by atoms with E-state index in [2.05, 4.69) is 0 Å². The molecule has 0 bridgehead atoms. The Morgan fingerprint density at radius 2 is 1.85 bits per heavy atom. The lowest BCUT2D eigenvalue weighted by Crippen LogP contribution is -2.35. The second-order valence-corrected chi connectivity index (χ2v) is 4.81. The Morgan fingerprint density at radius 1 is 1.20 bits per heavy atom. The van der Waals surface area contributed by atoms with Crippen molar-refractivity contribution in [1.82, 2.24) is 0 Å². The van der Waals surface area contributed by atoms with Crippen molar-refractivity contribution in [2.45, 2.75) is 13.0 Å². The van der Waals surface area contributed by atoms with Crippen LogP contribution in [-0.4, -0.2) is 18.1 Å². The standard InChI is InChI=1S/C16H18N2O2/c1-11-6-8-12(9-7-11)15(17)16(20)18(2)13-4-3-5-14(19)10-13/h3-10,15,19H,17H2,1-2H3. The Bertz CT molecular complexity index is 608. The zero-order chi connectivity index (χ0) is 14.7. The van der Waals surface area contributed by atoms with Crippen LogP contribution in [0.5, 0.6) is 5.75 Å². The van der Waals surface area contributed by atoms with Crippen molar-refractivity contribution in [3.8, 4) is 5.75 Å². The van der Waals surface area contributed by atoms with Crippen LogP contribution in [0.25, 0.3) is 0 Å². The van der Waals surface area contributed by atoms with E-state index in [0.29, 0.717) is 5.69 Å². The van der Waals surface area contributed by atoms with E-state index in [-0.39, 0.29) is 11.7 Å². The number of hydrogen-bond donors (Lipinski definition) is 2. The van der Waals surface area contributed by atoms with Gasteiger partial charge in [0.2, 0.25) is 5.91 Å². The highest BCUT2D eigenvalue weighted by molar-refractivity contribution is 5.97. The molecule has 0 aliphatic rings. The van der Waals surface area contributed by atoms with E-state index in [1.807, 2.05) is 31.2 Å². The first-order chi connectivity index (χ1) is 9.49. The minimum atomic E-state index is -0.719. The number of likely N-dealkylation sites (N-methyl/N-ethyl adjacent to an activating group) is 1. The van der Waals surface area contributed by atoms with Gasteiger partial charge < -0.3 is 15.7 Å². The van der Waals surface area contributed by atoms with Gasteiger partial charge in [0, 0.05) is 18.8 Å². The Morgan fingerprint density at radius 3 is 2.45 bits per heavy atom. The van der Waals surface area contributed by atoms with Crippen LogP contribution < -0.4 is 10.6 Å². The number of benzene rings is 2. The number of anilines is 1. The van der Waals surface area contributed by atoms with E-state index < -0.39 is 6.04 Å². The number of amides is 1. The van der Waals surface area contributed by atoms with Crippen molar-refractivity contribution in [1.29, 1.82) is 0 Å². The molecule has 0 spiro atoms. The SMILES string of the molecule is Cc1ccc(C(N)C(=O)N(C)c2cccc(O)c2)cc1. The average molecular weight is 270 g/mol. The number of carbonyl (C=O) groups excluding carboxylic acids is 1. The van der Waals surface area contributed by atoms with Gasteiger partial charge >= 0.3 is 0 Å². The summed E-state index contributed by atoms with van der Waals surface area (Å²) in [6.07, 6.45) is 0. The molecule has 0 aliphatic carbocycles. The molecule has 3 N–H and O–H groups in total. The smallest absolute Gasteiger partial charge is 0.248 e. The molecule has 0 aromatic heterocycles. The third-order valence-corrected chi connectivity index (χ3v) is 3.25. The summed E-state index contributed by atoms with van der Waals surface area (Å²) in [6.45, 7) is 1.98. The highest BCUT2D eigenvalue weighted by atomic mass is 16.3. The quantitative estimate of drug-likeness (QED) is 0.899. The first-order valence-electron chi connectivity index (χ1n) is 6.38. The molecule has 0 heterocycles. The lowest BCUT2D eigenvalue weighted by molar-refractivity contribution is -0.119. The highest BCUT2D eigenvalue weighted by Crippen LogP contribution is 2.22. The van der Waals surface area contributed by atoms with Crippen LogP contribution in [0.2, 0.25) is 0 Å². The van der Waals surface area contributed by atoms with Crippen molar-refractivity contribution in [3.63, 3.8) is 0 Å². The number of nitrogens with zero attached hydrogens (tertiary/aromatic N) is 1. The fourth-order valence-corrected chi connectivity index (χ4v) is 1.95. The second kappa shape index (κ2) is 5.75. The van der Waals surface area contributed by atoms with Crippen molar-refractivity contribution in [3.05, 3.63) is 59.7 Å². The van der Waals surface area contributed by atoms with Crippen molar-refractivity contribution >= 4 is 11.6 Å². The lowest BCUT2D eigenvalue weighted by atomic mass is 10.0. The van der Waals surface area contributed by atoms with Gasteiger partial charge in [0.15, 0.2) is 0 Å². The zero-order valence-corrected chi connectivity index (χ0v) is 11.6. The Hall–Kier alpha value is -2.33. The first-order valence-corrected chi connectivity index (χ1v) is 6.38. The maximum atomic E-state index is 12.4. The fraction of sp³-hybridized carbons (Fsp3) is 0.188. The molecule has 1 unspecified atom stereocenters. The monoisotopic (exact) mass is 270 g/mol. The Kier molecular flexibility index (Phi) is 4.05. The average Bonchev–Trinajstić information content (AvgIpc) is 2.46. The molecule has 104 valence electrons. The van der Waals surface area contributed by atoms with Crippen LogP contribution in [0.15, 0.2) is 48.5 Å². The number of phenolic OH excluding ortho intramolecular Hbond substituents is 1. The summed E-state index contributed by atoms with van der Waals surface area (Å²) in [5.74, 6) is -0.106. The van der Waals surface area contributed by atoms with Crippen LogP contribution in [0.1, 0.15) is 17.2 Å². The summed E-state index contributed by atoms with van der Waals surface area (Å²) in [4.78, 5) is 13.8. The predicted octanol–water partition coefficient (Wildman–Crippen LogP) is 2.36. The van der Waals surface area contributed by atoms with Crippen molar-refractivity contribution in [2.75, 3.05) is 11.9 Å². The molecule has 20 heavy (non-hydrogen) atoms. The van der Waals surface area contributed by atoms with Gasteiger partial charge in [-0.25, -0.2) is 0 Å². The molecule has 0 saturated heterocycles. The van der Waals surface area contributed by atoms with Crippen LogP contribution in [0.4, 0.5) is 5.69 Å². The molecule has 0 aliphatic heterocycles. The second-order valence-electron chi connectivity index (χ2n) is 4.81. The minimum Gasteiger partial charge on any atom is -0.508 e. The summed E-state index contributed by atoms with van der Waals surface area (Å²) in [5, 5.41) is 9.46. The van der Waals surface area contributed by atoms with Crippen LogP contribution in [0.3, 0.4) is 0 Å². The summed E-state index contributed by atoms with van der Waals surface area (Å²) in [6, 6.07) is 13.4. The maximum absolute atomic E-state index is 12.4. The molecule has 0 saturated carbocycles. The van der Waals surface area contributed by atoms with Gasteiger partial charge in [-0.15, -0.1) is 0 Å². The van der Waals surface area contributed by atoms with Crippen molar-refractivity contribution in [2.24, 2.45) is 5.73 Å². The molecule has 2 aromatic rings. The van der Waals surface area contributed by atoms with Gasteiger partial charge in [-0.2, -0.15) is 0 Å². The largest absolute Gasteiger partial charge is 0.508 e. The lowest BCUT2D eigenvalue weighted by Gasteiger charge is -2.22. The number of aromatic hydroxyl groups is 1. The van der Waals surface area contributed by atoms with Crippen LogP contribution >= 0.6 is 0 Å². The number of carbonyl (C=O) groups is 1. The van der Waals surface area contributed by atoms with Gasteiger partial charge in [-0.1, -0.05) is 35.9 Å². The van der Waals surface area contributed by atoms with E-state index in [4.69, 9.17) is 5.73 Å². The molecular weight excluding hydrogens is 252 g/mol. The topological polar surface area (TPSA) is 66.6 Å². The molecule has 2 rings (SSSR count). The normalized spacial score (nSPS) is 11.9. The van der Waals surface area contributed by atoms with E-state index in [1.165, 1.54) is 11.0 Å². The van der Waals surface area contributed by atoms with Crippen LogP contribution in [-0.2, 0) is 4.79 Å².